The molecule has 4 heteroatoms. The SMILES string of the molecule is CN1CCC[C@H]1C(=O)N1CCC(O)CC1. The van der Waals surface area contributed by atoms with E-state index in [1.165, 1.54) is 0 Å². The maximum Gasteiger partial charge on any atom is 0.239 e. The first-order chi connectivity index (χ1) is 7.18. The van der Waals surface area contributed by atoms with Crippen LogP contribution in [0.15, 0.2) is 0 Å². The van der Waals surface area contributed by atoms with Crippen LogP contribution in [0.3, 0.4) is 0 Å². The summed E-state index contributed by atoms with van der Waals surface area (Å²) in [5.74, 6) is 0.266. The Morgan fingerprint density at radius 1 is 1.20 bits per heavy atom. The van der Waals surface area contributed by atoms with Gasteiger partial charge in [-0.25, -0.2) is 0 Å². The van der Waals surface area contributed by atoms with E-state index in [9.17, 15) is 9.90 Å². The fraction of sp³-hybridized carbons (Fsp3) is 0.909. The second kappa shape index (κ2) is 4.49. The number of hydrogen-bond acceptors (Lipinski definition) is 3. The second-order valence-electron chi connectivity index (χ2n) is 4.70. The molecule has 2 saturated heterocycles. The summed E-state index contributed by atoms with van der Waals surface area (Å²) in [6.45, 7) is 2.49. The van der Waals surface area contributed by atoms with Gasteiger partial charge in [0.1, 0.15) is 0 Å². The number of likely N-dealkylation sites (N-methyl/N-ethyl adjacent to an activating group) is 1. The summed E-state index contributed by atoms with van der Waals surface area (Å²) in [5.41, 5.74) is 0. The molecule has 86 valence electrons. The van der Waals surface area contributed by atoms with Crippen molar-refractivity contribution in [2.24, 2.45) is 0 Å². The van der Waals surface area contributed by atoms with Crippen LogP contribution in [0.2, 0.25) is 0 Å². The summed E-state index contributed by atoms with van der Waals surface area (Å²) in [7, 11) is 2.02. The molecule has 0 unspecified atom stereocenters. The predicted molar refractivity (Wildman–Crippen MR) is 57.5 cm³/mol. The summed E-state index contributed by atoms with van der Waals surface area (Å²) in [4.78, 5) is 16.2. The number of aliphatic hydroxyl groups excluding tert-OH is 1. The number of carbonyl (C=O) groups is 1. The Balaban J connectivity index is 1.90. The molecule has 2 rings (SSSR count). The predicted octanol–water partition coefficient (Wildman–Crippen LogP) is 0.0639. The zero-order valence-corrected chi connectivity index (χ0v) is 9.35. The Morgan fingerprint density at radius 2 is 1.87 bits per heavy atom. The molecule has 0 aliphatic carbocycles. The molecule has 0 saturated carbocycles. The number of nitrogens with zero attached hydrogens (tertiary/aromatic N) is 2. The van der Waals surface area contributed by atoms with E-state index in [1.807, 2.05) is 11.9 Å². The third-order valence-electron chi connectivity index (χ3n) is 3.58. The van der Waals surface area contributed by atoms with Crippen molar-refractivity contribution in [3.05, 3.63) is 0 Å². The molecule has 0 bridgehead atoms. The minimum atomic E-state index is -0.199. The number of aliphatic hydroxyl groups is 1. The number of likely N-dealkylation sites (tertiary alicyclic amines) is 2. The maximum absolute atomic E-state index is 12.1. The van der Waals surface area contributed by atoms with Crippen molar-refractivity contribution in [1.82, 2.24) is 9.80 Å². The van der Waals surface area contributed by atoms with Crippen LogP contribution in [0.4, 0.5) is 0 Å². The van der Waals surface area contributed by atoms with Gasteiger partial charge in [0, 0.05) is 13.1 Å². The molecule has 2 aliphatic heterocycles. The minimum Gasteiger partial charge on any atom is -0.393 e. The number of carbonyl (C=O) groups excluding carboxylic acids is 1. The maximum atomic E-state index is 12.1. The molecule has 2 fully saturated rings. The van der Waals surface area contributed by atoms with Gasteiger partial charge in [-0.3, -0.25) is 9.69 Å². The molecule has 0 spiro atoms. The number of rotatable bonds is 1. The molecule has 1 atom stereocenters. The van der Waals surface area contributed by atoms with Crippen LogP contribution in [0.1, 0.15) is 25.7 Å². The molecule has 0 aromatic rings. The highest BCUT2D eigenvalue weighted by Crippen LogP contribution is 2.19. The van der Waals surface area contributed by atoms with Crippen LogP contribution in [-0.4, -0.2) is 59.6 Å². The van der Waals surface area contributed by atoms with E-state index in [0.29, 0.717) is 0 Å². The van der Waals surface area contributed by atoms with Gasteiger partial charge in [0.15, 0.2) is 0 Å². The van der Waals surface area contributed by atoms with E-state index in [-0.39, 0.29) is 18.1 Å². The normalized spacial score (nSPS) is 29.7. The molecule has 2 heterocycles. The van der Waals surface area contributed by atoms with Gasteiger partial charge in [-0.15, -0.1) is 0 Å². The smallest absolute Gasteiger partial charge is 0.239 e. The van der Waals surface area contributed by atoms with Gasteiger partial charge in [-0.05, 0) is 39.3 Å². The number of hydrogen-bond donors (Lipinski definition) is 1. The Bertz CT molecular complexity index is 237. The topological polar surface area (TPSA) is 43.8 Å². The highest BCUT2D eigenvalue weighted by molar-refractivity contribution is 5.82. The van der Waals surface area contributed by atoms with Crippen molar-refractivity contribution in [2.75, 3.05) is 26.7 Å². The third-order valence-corrected chi connectivity index (χ3v) is 3.58. The van der Waals surface area contributed by atoms with Crippen LogP contribution >= 0.6 is 0 Å². The first-order valence-electron chi connectivity index (χ1n) is 5.85. The van der Waals surface area contributed by atoms with Gasteiger partial charge in [0.25, 0.3) is 0 Å². The lowest BCUT2D eigenvalue weighted by Gasteiger charge is -2.33. The van der Waals surface area contributed by atoms with E-state index < -0.39 is 0 Å². The standard InChI is InChI=1S/C11H20N2O2/c1-12-6-2-3-10(12)11(15)13-7-4-9(14)5-8-13/h9-10,14H,2-8H2,1H3/t10-/m0/s1. The third kappa shape index (κ3) is 2.32. The molecule has 0 aromatic carbocycles. The van der Waals surface area contributed by atoms with Crippen LogP contribution in [0.5, 0.6) is 0 Å². The Labute approximate surface area is 90.9 Å². The van der Waals surface area contributed by atoms with Gasteiger partial charge in [-0.2, -0.15) is 0 Å². The summed E-state index contributed by atoms with van der Waals surface area (Å²) >= 11 is 0. The molecule has 0 radical (unpaired) electrons. The van der Waals surface area contributed by atoms with Crippen LogP contribution in [-0.2, 0) is 4.79 Å². The summed E-state index contributed by atoms with van der Waals surface area (Å²) in [6, 6.07) is 0.0974. The van der Waals surface area contributed by atoms with Gasteiger partial charge in [0.2, 0.25) is 5.91 Å². The fourth-order valence-corrected chi connectivity index (χ4v) is 2.52. The van der Waals surface area contributed by atoms with Gasteiger partial charge in [0.05, 0.1) is 12.1 Å². The van der Waals surface area contributed by atoms with Crippen molar-refractivity contribution in [3.8, 4) is 0 Å². The first-order valence-corrected chi connectivity index (χ1v) is 5.85. The number of amides is 1. The van der Waals surface area contributed by atoms with Crippen molar-refractivity contribution < 1.29 is 9.90 Å². The van der Waals surface area contributed by atoms with Gasteiger partial charge in [-0.1, -0.05) is 0 Å². The molecule has 4 nitrogen and oxygen atoms in total. The highest BCUT2D eigenvalue weighted by atomic mass is 16.3. The molecule has 1 amide bonds. The molecule has 0 aromatic heterocycles. The zero-order valence-electron chi connectivity index (χ0n) is 9.35. The van der Waals surface area contributed by atoms with E-state index in [0.717, 1.165) is 45.3 Å². The largest absolute Gasteiger partial charge is 0.393 e. The monoisotopic (exact) mass is 212 g/mol. The molecule has 15 heavy (non-hydrogen) atoms. The summed E-state index contributed by atoms with van der Waals surface area (Å²) in [6.07, 6.45) is 3.40. The highest BCUT2D eigenvalue weighted by Gasteiger charge is 2.32. The van der Waals surface area contributed by atoms with Crippen LogP contribution in [0.25, 0.3) is 0 Å². The minimum absolute atomic E-state index is 0.0974. The average molecular weight is 212 g/mol. The quantitative estimate of drug-likeness (QED) is 0.668. The van der Waals surface area contributed by atoms with Crippen molar-refractivity contribution in [1.29, 1.82) is 0 Å². The van der Waals surface area contributed by atoms with Crippen LogP contribution in [0, 0.1) is 0 Å². The molecular weight excluding hydrogens is 192 g/mol. The van der Waals surface area contributed by atoms with Crippen LogP contribution < -0.4 is 0 Å². The first kappa shape index (κ1) is 10.9. The van der Waals surface area contributed by atoms with E-state index in [2.05, 4.69) is 4.90 Å². The van der Waals surface area contributed by atoms with Gasteiger partial charge < -0.3 is 10.0 Å². The lowest BCUT2D eigenvalue weighted by molar-refractivity contribution is -0.137. The summed E-state index contributed by atoms with van der Waals surface area (Å²) < 4.78 is 0. The fourth-order valence-electron chi connectivity index (χ4n) is 2.52. The van der Waals surface area contributed by atoms with Gasteiger partial charge >= 0.3 is 0 Å². The second-order valence-corrected chi connectivity index (χ2v) is 4.70. The molecular formula is C11H20N2O2. The Kier molecular flexibility index (Phi) is 3.26. The van der Waals surface area contributed by atoms with Crippen molar-refractivity contribution in [2.45, 2.75) is 37.8 Å². The summed E-state index contributed by atoms with van der Waals surface area (Å²) in [5, 5.41) is 9.38. The average Bonchev–Trinajstić information content (AvgIpc) is 2.65. The van der Waals surface area contributed by atoms with E-state index >= 15 is 0 Å². The zero-order chi connectivity index (χ0) is 10.8. The van der Waals surface area contributed by atoms with E-state index in [4.69, 9.17) is 0 Å². The Hall–Kier alpha value is -0.610. The Morgan fingerprint density at radius 3 is 2.40 bits per heavy atom. The number of piperidine rings is 1. The molecule has 2 aliphatic rings. The van der Waals surface area contributed by atoms with E-state index in [1.54, 1.807) is 0 Å². The van der Waals surface area contributed by atoms with Crippen molar-refractivity contribution >= 4 is 5.91 Å². The molecule has 1 N–H and O–H groups in total. The van der Waals surface area contributed by atoms with Crippen molar-refractivity contribution in [3.63, 3.8) is 0 Å². The lowest BCUT2D eigenvalue weighted by atomic mass is 10.1. The lowest BCUT2D eigenvalue weighted by Crippen LogP contribution is -2.48.